The summed E-state index contributed by atoms with van der Waals surface area (Å²) in [5, 5.41) is 9.76. The monoisotopic (exact) mass is 525 g/mol. The third kappa shape index (κ3) is 14.0. The quantitative estimate of drug-likeness (QED) is 0.244. The predicted molar refractivity (Wildman–Crippen MR) is 132 cm³/mol. The molecule has 0 aromatic carbocycles. The first-order chi connectivity index (χ1) is 13.2. The zero-order valence-electron chi connectivity index (χ0n) is 19.3. The molecule has 0 saturated carbocycles. The van der Waals surface area contributed by atoms with E-state index in [9.17, 15) is 4.79 Å². The SMILES string of the molecule is CCCCC(CNC(=O)OC(C)(C)C)NC(=NCC1CCN(C)CC1)NCC.I. The second-order valence-corrected chi connectivity index (χ2v) is 8.83. The van der Waals surface area contributed by atoms with Crippen molar-refractivity contribution in [1.29, 1.82) is 0 Å². The van der Waals surface area contributed by atoms with Crippen LogP contribution in [0.2, 0.25) is 0 Å². The Morgan fingerprint density at radius 2 is 1.86 bits per heavy atom. The second kappa shape index (κ2) is 15.1. The van der Waals surface area contributed by atoms with E-state index in [1.54, 1.807) is 0 Å². The van der Waals surface area contributed by atoms with E-state index in [1.165, 1.54) is 12.8 Å². The summed E-state index contributed by atoms with van der Waals surface area (Å²) >= 11 is 0. The van der Waals surface area contributed by atoms with Gasteiger partial charge in [-0.1, -0.05) is 19.8 Å². The Morgan fingerprint density at radius 1 is 1.21 bits per heavy atom. The zero-order valence-corrected chi connectivity index (χ0v) is 21.7. The van der Waals surface area contributed by atoms with Gasteiger partial charge in [-0.05, 0) is 73.0 Å². The number of nitrogens with one attached hydrogen (secondary N) is 3. The molecule has 1 saturated heterocycles. The van der Waals surface area contributed by atoms with Crippen molar-refractivity contribution in [2.75, 3.05) is 39.8 Å². The van der Waals surface area contributed by atoms with Crippen molar-refractivity contribution in [3.05, 3.63) is 0 Å². The molecule has 1 aliphatic heterocycles. The number of piperidine rings is 1. The minimum absolute atomic E-state index is 0. The van der Waals surface area contributed by atoms with E-state index < -0.39 is 5.60 Å². The molecule has 0 aliphatic carbocycles. The molecule has 0 radical (unpaired) electrons. The second-order valence-electron chi connectivity index (χ2n) is 8.83. The van der Waals surface area contributed by atoms with Crippen LogP contribution in [0, 0.1) is 5.92 Å². The number of carbonyl (C=O) groups excluding carboxylic acids is 1. The van der Waals surface area contributed by atoms with Gasteiger partial charge in [0.05, 0.1) is 0 Å². The van der Waals surface area contributed by atoms with Gasteiger partial charge in [0.2, 0.25) is 0 Å². The average Bonchev–Trinajstić information content (AvgIpc) is 2.61. The van der Waals surface area contributed by atoms with Crippen LogP contribution >= 0.6 is 24.0 Å². The molecule has 0 aromatic rings. The number of ether oxygens (including phenoxy) is 1. The van der Waals surface area contributed by atoms with Crippen LogP contribution in [-0.4, -0.2) is 68.4 Å². The van der Waals surface area contributed by atoms with E-state index in [0.717, 1.165) is 51.4 Å². The van der Waals surface area contributed by atoms with Gasteiger partial charge < -0.3 is 25.6 Å². The highest BCUT2D eigenvalue weighted by molar-refractivity contribution is 14.0. The molecule has 1 unspecified atom stereocenters. The maximum absolute atomic E-state index is 12.0. The van der Waals surface area contributed by atoms with E-state index in [0.29, 0.717) is 12.5 Å². The smallest absolute Gasteiger partial charge is 0.407 e. The van der Waals surface area contributed by atoms with Gasteiger partial charge in [0.1, 0.15) is 5.60 Å². The number of carbonyl (C=O) groups is 1. The van der Waals surface area contributed by atoms with E-state index in [4.69, 9.17) is 9.73 Å². The topological polar surface area (TPSA) is 78.0 Å². The van der Waals surface area contributed by atoms with E-state index in [1.807, 2.05) is 20.8 Å². The van der Waals surface area contributed by atoms with Gasteiger partial charge in [0.25, 0.3) is 0 Å². The highest BCUT2D eigenvalue weighted by Gasteiger charge is 2.19. The molecule has 0 bridgehead atoms. The minimum Gasteiger partial charge on any atom is -0.444 e. The first-order valence-corrected chi connectivity index (χ1v) is 10.9. The highest BCUT2D eigenvalue weighted by Crippen LogP contribution is 2.16. The van der Waals surface area contributed by atoms with Crippen molar-refractivity contribution in [3.8, 4) is 0 Å². The van der Waals surface area contributed by atoms with E-state index in [-0.39, 0.29) is 36.1 Å². The number of rotatable bonds is 9. The number of guanidine groups is 1. The average molecular weight is 526 g/mol. The fourth-order valence-corrected chi connectivity index (χ4v) is 3.17. The summed E-state index contributed by atoms with van der Waals surface area (Å²) < 4.78 is 5.35. The first kappa shape index (κ1) is 28.2. The van der Waals surface area contributed by atoms with Crippen molar-refractivity contribution in [2.45, 2.75) is 78.4 Å². The molecule has 1 fully saturated rings. The van der Waals surface area contributed by atoms with E-state index >= 15 is 0 Å². The summed E-state index contributed by atoms with van der Waals surface area (Å²) in [5.41, 5.74) is -0.485. The standard InChI is InChI=1S/C21H43N5O2.HI/c1-7-9-10-18(16-24-20(27)28-21(3,4)5)25-19(22-8-2)23-15-17-11-13-26(6)14-12-17;/h17-18H,7-16H2,1-6H3,(H,24,27)(H2,22,23,25);1H. The Hall–Kier alpha value is -0.770. The maximum atomic E-state index is 12.0. The lowest BCUT2D eigenvalue weighted by Gasteiger charge is -2.28. The Labute approximate surface area is 195 Å². The van der Waals surface area contributed by atoms with Gasteiger partial charge in [-0.2, -0.15) is 0 Å². The third-order valence-electron chi connectivity index (χ3n) is 4.83. The molecule has 8 heteroatoms. The summed E-state index contributed by atoms with van der Waals surface area (Å²) in [6, 6.07) is 0.128. The Bertz CT molecular complexity index is 474. The van der Waals surface area contributed by atoms with E-state index in [2.05, 4.69) is 41.7 Å². The number of alkyl carbamates (subject to hydrolysis) is 1. The van der Waals surface area contributed by atoms with Crippen LogP contribution in [0.25, 0.3) is 0 Å². The van der Waals surface area contributed by atoms with Gasteiger partial charge in [-0.3, -0.25) is 4.99 Å². The first-order valence-electron chi connectivity index (χ1n) is 10.9. The normalized spacial score (nSPS) is 17.2. The summed E-state index contributed by atoms with van der Waals surface area (Å²) in [6.07, 6.45) is 5.24. The van der Waals surface area contributed by atoms with Crippen molar-refractivity contribution < 1.29 is 9.53 Å². The lowest BCUT2D eigenvalue weighted by Crippen LogP contribution is -2.49. The highest BCUT2D eigenvalue weighted by atomic mass is 127. The molecule has 7 nitrogen and oxygen atoms in total. The number of nitrogens with zero attached hydrogens (tertiary/aromatic N) is 2. The van der Waals surface area contributed by atoms with Crippen molar-refractivity contribution in [3.63, 3.8) is 0 Å². The van der Waals surface area contributed by atoms with Crippen molar-refractivity contribution in [2.24, 2.45) is 10.9 Å². The number of halogens is 1. The van der Waals surface area contributed by atoms with Gasteiger partial charge >= 0.3 is 6.09 Å². The predicted octanol–water partition coefficient (Wildman–Crippen LogP) is 3.58. The zero-order chi connectivity index (χ0) is 21.0. The molecule has 3 N–H and O–H groups in total. The maximum Gasteiger partial charge on any atom is 0.407 e. The lowest BCUT2D eigenvalue weighted by molar-refractivity contribution is 0.0522. The molecular weight excluding hydrogens is 481 g/mol. The molecule has 1 heterocycles. The molecule has 1 atom stereocenters. The van der Waals surface area contributed by atoms with Gasteiger partial charge in [-0.15, -0.1) is 24.0 Å². The molecule has 29 heavy (non-hydrogen) atoms. The third-order valence-corrected chi connectivity index (χ3v) is 4.83. The Morgan fingerprint density at radius 3 is 2.41 bits per heavy atom. The summed E-state index contributed by atoms with van der Waals surface area (Å²) in [5.74, 6) is 1.49. The Balaban J connectivity index is 0.00000784. The van der Waals surface area contributed by atoms with Crippen LogP contribution in [0.5, 0.6) is 0 Å². The number of likely N-dealkylation sites (tertiary alicyclic amines) is 1. The number of unbranched alkanes of at least 4 members (excludes halogenated alkanes) is 1. The van der Waals surface area contributed by atoms with Gasteiger partial charge in [0, 0.05) is 25.7 Å². The fraction of sp³-hybridized carbons (Fsp3) is 0.905. The molecule has 172 valence electrons. The molecule has 0 spiro atoms. The van der Waals surface area contributed by atoms with Gasteiger partial charge in [-0.25, -0.2) is 4.79 Å². The minimum atomic E-state index is -0.485. The van der Waals surface area contributed by atoms with Crippen molar-refractivity contribution in [1.82, 2.24) is 20.9 Å². The van der Waals surface area contributed by atoms with Crippen molar-refractivity contribution >= 4 is 36.0 Å². The van der Waals surface area contributed by atoms with Crippen LogP contribution in [0.4, 0.5) is 4.79 Å². The summed E-state index contributed by atoms with van der Waals surface area (Å²) in [7, 11) is 2.18. The fourth-order valence-electron chi connectivity index (χ4n) is 3.17. The number of amides is 1. The van der Waals surface area contributed by atoms with Crippen LogP contribution in [0.3, 0.4) is 0 Å². The molecule has 1 aliphatic rings. The molecule has 1 amide bonds. The summed E-state index contributed by atoms with van der Waals surface area (Å²) in [6.45, 7) is 14.4. The lowest BCUT2D eigenvalue weighted by atomic mass is 9.97. The number of aliphatic imine (C=N–C) groups is 1. The van der Waals surface area contributed by atoms with Crippen LogP contribution in [-0.2, 0) is 4.74 Å². The molecule has 1 rings (SSSR count). The molecular formula is C21H44IN5O2. The van der Waals surface area contributed by atoms with Crippen LogP contribution < -0.4 is 16.0 Å². The van der Waals surface area contributed by atoms with Crippen LogP contribution in [0.1, 0.15) is 66.7 Å². The Kier molecular flexibility index (Phi) is 14.7. The van der Waals surface area contributed by atoms with Gasteiger partial charge in [0.15, 0.2) is 5.96 Å². The largest absolute Gasteiger partial charge is 0.444 e. The number of hydrogen-bond acceptors (Lipinski definition) is 4. The van der Waals surface area contributed by atoms with Crippen LogP contribution in [0.15, 0.2) is 4.99 Å². The number of hydrogen-bond donors (Lipinski definition) is 3. The molecule has 0 aromatic heterocycles. The summed E-state index contributed by atoms with van der Waals surface area (Å²) in [4.78, 5) is 19.2.